The molecule has 1 saturated heterocycles. The van der Waals surface area contributed by atoms with Gasteiger partial charge in [-0.2, -0.15) is 0 Å². The van der Waals surface area contributed by atoms with Crippen LogP contribution in [-0.2, 0) is 11.2 Å². The molecule has 0 bridgehead atoms. The van der Waals surface area contributed by atoms with Crippen LogP contribution < -0.4 is 4.74 Å². The van der Waals surface area contributed by atoms with Crippen LogP contribution in [0, 0.1) is 0 Å². The highest BCUT2D eigenvalue weighted by Crippen LogP contribution is 2.26. The van der Waals surface area contributed by atoms with Crippen molar-refractivity contribution >= 4 is 21.8 Å². The van der Waals surface area contributed by atoms with E-state index < -0.39 is 0 Å². The summed E-state index contributed by atoms with van der Waals surface area (Å²) < 4.78 is 6.13. The summed E-state index contributed by atoms with van der Waals surface area (Å²) in [5.41, 5.74) is 1.16. The number of nitrogens with zero attached hydrogens (tertiary/aromatic N) is 1. The molecule has 1 amide bonds. The van der Waals surface area contributed by atoms with Crippen LogP contribution in [0.2, 0.25) is 0 Å². The first-order valence-corrected chi connectivity index (χ1v) is 7.10. The van der Waals surface area contributed by atoms with Gasteiger partial charge in [-0.1, -0.05) is 6.07 Å². The molecule has 0 spiro atoms. The highest BCUT2D eigenvalue weighted by atomic mass is 79.9. The molecule has 0 N–H and O–H groups in total. The number of benzene rings is 1. The van der Waals surface area contributed by atoms with E-state index in [2.05, 4.69) is 15.9 Å². The predicted octanol–water partition coefficient (Wildman–Crippen LogP) is 3.01. The Bertz CT molecular complexity index is 428. The molecule has 0 aliphatic carbocycles. The smallest absolute Gasteiger partial charge is 0.222 e. The lowest BCUT2D eigenvalue weighted by Crippen LogP contribution is -2.27. The second-order valence-corrected chi connectivity index (χ2v) is 5.41. The van der Waals surface area contributed by atoms with Crippen LogP contribution >= 0.6 is 15.9 Å². The summed E-state index contributed by atoms with van der Waals surface area (Å²) in [5.74, 6) is 1.10. The van der Waals surface area contributed by atoms with Gasteiger partial charge in [-0.05, 0) is 52.9 Å². The Balaban J connectivity index is 1.89. The van der Waals surface area contributed by atoms with Crippen LogP contribution in [0.4, 0.5) is 0 Å². The van der Waals surface area contributed by atoms with Crippen LogP contribution in [0.3, 0.4) is 0 Å². The Hall–Kier alpha value is -1.03. The van der Waals surface area contributed by atoms with Crippen molar-refractivity contribution < 1.29 is 9.53 Å². The van der Waals surface area contributed by atoms with Gasteiger partial charge in [0.1, 0.15) is 5.75 Å². The molecule has 0 unspecified atom stereocenters. The molecule has 1 heterocycles. The molecular formula is C14H18BrNO2. The zero-order chi connectivity index (χ0) is 13.0. The molecule has 0 radical (unpaired) electrons. The van der Waals surface area contributed by atoms with Crippen LogP contribution in [0.1, 0.15) is 24.8 Å². The van der Waals surface area contributed by atoms with Crippen molar-refractivity contribution in [1.29, 1.82) is 0 Å². The number of ether oxygens (including phenoxy) is 1. The molecule has 1 aliphatic heterocycles. The van der Waals surface area contributed by atoms with Gasteiger partial charge in [0.15, 0.2) is 0 Å². The first kappa shape index (κ1) is 13.4. The largest absolute Gasteiger partial charge is 0.496 e. The Morgan fingerprint density at radius 3 is 2.72 bits per heavy atom. The molecule has 18 heavy (non-hydrogen) atoms. The molecule has 1 aliphatic rings. The van der Waals surface area contributed by atoms with Gasteiger partial charge in [-0.15, -0.1) is 0 Å². The average Bonchev–Trinajstić information content (AvgIpc) is 2.90. The summed E-state index contributed by atoms with van der Waals surface area (Å²) in [4.78, 5) is 13.9. The van der Waals surface area contributed by atoms with E-state index in [9.17, 15) is 4.79 Å². The van der Waals surface area contributed by atoms with Gasteiger partial charge >= 0.3 is 0 Å². The molecule has 1 fully saturated rings. The second kappa shape index (κ2) is 6.23. The maximum atomic E-state index is 11.9. The number of methoxy groups -OCH3 is 1. The lowest BCUT2D eigenvalue weighted by molar-refractivity contribution is -0.130. The Labute approximate surface area is 116 Å². The van der Waals surface area contributed by atoms with Crippen LogP contribution in [-0.4, -0.2) is 31.0 Å². The maximum absolute atomic E-state index is 11.9. The third-order valence-corrected chi connectivity index (χ3v) is 3.92. The number of halogens is 1. The van der Waals surface area contributed by atoms with Crippen LogP contribution in [0.25, 0.3) is 0 Å². The highest BCUT2D eigenvalue weighted by molar-refractivity contribution is 9.10. The molecule has 98 valence electrons. The lowest BCUT2D eigenvalue weighted by atomic mass is 10.1. The van der Waals surface area contributed by atoms with Crippen LogP contribution in [0.5, 0.6) is 5.75 Å². The van der Waals surface area contributed by atoms with E-state index in [0.29, 0.717) is 6.42 Å². The van der Waals surface area contributed by atoms with E-state index in [4.69, 9.17) is 4.74 Å². The summed E-state index contributed by atoms with van der Waals surface area (Å²) in [6.07, 6.45) is 3.69. The van der Waals surface area contributed by atoms with Gasteiger partial charge in [0.25, 0.3) is 0 Å². The molecule has 2 rings (SSSR count). The minimum Gasteiger partial charge on any atom is -0.496 e. The fraction of sp³-hybridized carbons (Fsp3) is 0.500. The summed E-state index contributed by atoms with van der Waals surface area (Å²) in [5, 5.41) is 0. The first-order chi connectivity index (χ1) is 8.70. The number of rotatable bonds is 4. The van der Waals surface area contributed by atoms with Gasteiger partial charge in [-0.25, -0.2) is 0 Å². The molecule has 0 saturated carbocycles. The normalized spacial score (nSPS) is 14.9. The van der Waals surface area contributed by atoms with E-state index in [1.54, 1.807) is 7.11 Å². The second-order valence-electron chi connectivity index (χ2n) is 4.56. The number of hydrogen-bond acceptors (Lipinski definition) is 2. The minimum absolute atomic E-state index is 0.277. The molecular weight excluding hydrogens is 294 g/mol. The van der Waals surface area contributed by atoms with Crippen molar-refractivity contribution in [2.75, 3.05) is 20.2 Å². The molecule has 4 heteroatoms. The van der Waals surface area contributed by atoms with Gasteiger partial charge in [0.05, 0.1) is 11.6 Å². The average molecular weight is 312 g/mol. The Morgan fingerprint density at radius 2 is 2.11 bits per heavy atom. The molecule has 0 atom stereocenters. The fourth-order valence-corrected chi connectivity index (χ4v) is 2.83. The number of carbonyl (C=O) groups is 1. The zero-order valence-corrected chi connectivity index (χ0v) is 12.2. The summed E-state index contributed by atoms with van der Waals surface area (Å²) in [6.45, 7) is 1.87. The van der Waals surface area contributed by atoms with Crippen molar-refractivity contribution in [3.63, 3.8) is 0 Å². The summed E-state index contributed by atoms with van der Waals surface area (Å²) >= 11 is 3.46. The Kier molecular flexibility index (Phi) is 4.64. The van der Waals surface area contributed by atoms with E-state index in [1.165, 1.54) is 0 Å². The van der Waals surface area contributed by atoms with Crippen molar-refractivity contribution in [1.82, 2.24) is 4.90 Å². The fourth-order valence-electron chi connectivity index (χ4n) is 2.24. The first-order valence-electron chi connectivity index (χ1n) is 6.31. The monoisotopic (exact) mass is 311 g/mol. The maximum Gasteiger partial charge on any atom is 0.222 e. The standard InChI is InChI=1S/C14H18BrNO2/c1-18-13-6-4-11(10-12(13)15)5-7-14(17)16-8-2-3-9-16/h4,6,10H,2-3,5,7-9H2,1H3. The van der Waals surface area contributed by atoms with Crippen LogP contribution in [0.15, 0.2) is 22.7 Å². The van der Waals surface area contributed by atoms with E-state index in [0.717, 1.165) is 48.1 Å². The molecule has 3 nitrogen and oxygen atoms in total. The highest BCUT2D eigenvalue weighted by Gasteiger charge is 2.17. The van der Waals surface area contributed by atoms with E-state index in [1.807, 2.05) is 23.1 Å². The number of aryl methyl sites for hydroxylation is 1. The summed E-state index contributed by atoms with van der Waals surface area (Å²) in [6, 6.07) is 5.97. The molecule has 0 aromatic heterocycles. The predicted molar refractivity (Wildman–Crippen MR) is 74.8 cm³/mol. The third kappa shape index (κ3) is 3.25. The van der Waals surface area contributed by atoms with Crippen molar-refractivity contribution in [2.24, 2.45) is 0 Å². The molecule has 1 aromatic carbocycles. The topological polar surface area (TPSA) is 29.5 Å². The van der Waals surface area contributed by atoms with Crippen molar-refractivity contribution in [3.8, 4) is 5.75 Å². The van der Waals surface area contributed by atoms with Crippen molar-refractivity contribution in [2.45, 2.75) is 25.7 Å². The zero-order valence-electron chi connectivity index (χ0n) is 10.6. The van der Waals surface area contributed by atoms with E-state index in [-0.39, 0.29) is 5.91 Å². The molecule has 1 aromatic rings. The SMILES string of the molecule is COc1ccc(CCC(=O)N2CCCC2)cc1Br. The number of likely N-dealkylation sites (tertiary alicyclic amines) is 1. The lowest BCUT2D eigenvalue weighted by Gasteiger charge is -2.15. The van der Waals surface area contributed by atoms with Gasteiger partial charge in [-0.3, -0.25) is 4.79 Å². The minimum atomic E-state index is 0.277. The van der Waals surface area contributed by atoms with E-state index >= 15 is 0 Å². The Morgan fingerprint density at radius 1 is 1.39 bits per heavy atom. The third-order valence-electron chi connectivity index (χ3n) is 3.30. The quantitative estimate of drug-likeness (QED) is 0.855. The number of amides is 1. The van der Waals surface area contributed by atoms with Gasteiger partial charge < -0.3 is 9.64 Å². The summed E-state index contributed by atoms with van der Waals surface area (Å²) in [7, 11) is 1.65. The van der Waals surface area contributed by atoms with Gasteiger partial charge in [0, 0.05) is 19.5 Å². The number of carbonyl (C=O) groups excluding carboxylic acids is 1. The van der Waals surface area contributed by atoms with Crippen molar-refractivity contribution in [3.05, 3.63) is 28.2 Å². The number of hydrogen-bond donors (Lipinski definition) is 0. The van der Waals surface area contributed by atoms with Gasteiger partial charge in [0.2, 0.25) is 5.91 Å².